The van der Waals surface area contributed by atoms with Crippen molar-refractivity contribution >= 4 is 13.2 Å². The topological polar surface area (TPSA) is 21.5 Å². The van der Waals surface area contributed by atoms with Crippen molar-refractivity contribution in [1.29, 1.82) is 0 Å². The highest BCUT2D eigenvalue weighted by molar-refractivity contribution is 6.50. The van der Waals surface area contributed by atoms with Gasteiger partial charge in [0, 0.05) is 6.42 Å². The molecule has 0 bridgehead atoms. The maximum absolute atomic E-state index is 10.5. The van der Waals surface area contributed by atoms with Crippen molar-refractivity contribution in [3.8, 4) is 0 Å². The van der Waals surface area contributed by atoms with Crippen LogP contribution in [0.25, 0.3) is 0 Å². The molecule has 1 fully saturated rings. The first kappa shape index (κ1) is 11.4. The van der Waals surface area contributed by atoms with Crippen LogP contribution in [0.5, 0.6) is 0 Å². The first-order chi connectivity index (χ1) is 5.30. The second-order valence-electron chi connectivity index (χ2n) is 2.55. The van der Waals surface area contributed by atoms with Crippen molar-refractivity contribution < 1.29 is 27.0 Å². The minimum Gasteiger partial charge on any atom is -0.418 e. The van der Waals surface area contributed by atoms with E-state index >= 15 is 0 Å². The Kier molecular flexibility index (Phi) is 4.23. The predicted octanol–water partition coefficient (Wildman–Crippen LogP) is 0.121. The Hall–Kier alpha value is -0.585. The summed E-state index contributed by atoms with van der Waals surface area (Å²) in [5, 5.41) is 0. The molecule has 1 amide bonds. The van der Waals surface area contributed by atoms with Gasteiger partial charge >= 0.3 is 13.2 Å². The Morgan fingerprint density at radius 1 is 1.33 bits per heavy atom. The SMILES string of the molecule is C[NH+]1CCCC1=O.F[B-](F)(F)F. The summed E-state index contributed by atoms with van der Waals surface area (Å²) in [6.45, 7) is 1.04. The molecule has 0 aliphatic carbocycles. The van der Waals surface area contributed by atoms with Crippen molar-refractivity contribution in [3.05, 3.63) is 0 Å². The summed E-state index contributed by atoms with van der Waals surface area (Å²) in [5.41, 5.74) is 0. The molecule has 1 rings (SSSR count). The maximum atomic E-state index is 10.5. The lowest BCUT2D eigenvalue weighted by molar-refractivity contribution is -0.788. The molecule has 2 nitrogen and oxygen atoms in total. The van der Waals surface area contributed by atoms with Gasteiger partial charge in [0.15, 0.2) is 0 Å². The van der Waals surface area contributed by atoms with Crippen LogP contribution in [0, 0.1) is 0 Å². The van der Waals surface area contributed by atoms with E-state index in [2.05, 4.69) is 0 Å². The fourth-order valence-electron chi connectivity index (χ4n) is 0.867. The van der Waals surface area contributed by atoms with E-state index in [-0.39, 0.29) is 0 Å². The Bertz CT molecular complexity index is 154. The van der Waals surface area contributed by atoms with Crippen molar-refractivity contribution in [2.45, 2.75) is 12.8 Å². The Labute approximate surface area is 67.6 Å². The number of amides is 1. The van der Waals surface area contributed by atoms with Gasteiger partial charge in [-0.05, 0) is 0 Å². The summed E-state index contributed by atoms with van der Waals surface area (Å²) in [6.07, 6.45) is 1.89. The van der Waals surface area contributed by atoms with Crippen LogP contribution < -0.4 is 4.90 Å². The van der Waals surface area contributed by atoms with Crippen molar-refractivity contribution in [1.82, 2.24) is 0 Å². The van der Waals surface area contributed by atoms with E-state index < -0.39 is 7.25 Å². The molecule has 0 saturated carbocycles. The van der Waals surface area contributed by atoms with Gasteiger partial charge in [0.1, 0.15) is 0 Å². The van der Waals surface area contributed by atoms with Gasteiger partial charge in [-0.3, -0.25) is 4.90 Å². The van der Waals surface area contributed by atoms with Crippen LogP contribution in [0.15, 0.2) is 0 Å². The molecule has 1 atom stereocenters. The van der Waals surface area contributed by atoms with Gasteiger partial charge in [-0.25, -0.2) is 4.79 Å². The van der Waals surface area contributed by atoms with Crippen LogP contribution in [0.1, 0.15) is 12.8 Å². The molecule has 7 heteroatoms. The van der Waals surface area contributed by atoms with Crippen LogP contribution in [0.2, 0.25) is 0 Å². The first-order valence-corrected chi connectivity index (χ1v) is 3.53. The monoisotopic (exact) mass is 187 g/mol. The fourth-order valence-corrected chi connectivity index (χ4v) is 0.867. The first-order valence-electron chi connectivity index (χ1n) is 3.53. The van der Waals surface area contributed by atoms with Gasteiger partial charge in [-0.2, -0.15) is 0 Å². The van der Waals surface area contributed by atoms with Gasteiger partial charge in [0.05, 0.1) is 20.0 Å². The molecule has 0 aromatic heterocycles. The van der Waals surface area contributed by atoms with Gasteiger partial charge in [-0.15, -0.1) is 0 Å². The number of hydrogen-bond acceptors (Lipinski definition) is 1. The summed E-state index contributed by atoms with van der Waals surface area (Å²) >= 11 is 0. The third kappa shape index (κ3) is 7.52. The second kappa shape index (κ2) is 4.44. The van der Waals surface area contributed by atoms with Gasteiger partial charge in [0.2, 0.25) is 0 Å². The molecule has 1 N–H and O–H groups in total. The second-order valence-corrected chi connectivity index (χ2v) is 2.55. The molecule has 0 radical (unpaired) electrons. The van der Waals surface area contributed by atoms with E-state index in [1.54, 1.807) is 0 Å². The molecular weight excluding hydrogens is 177 g/mol. The summed E-state index contributed by atoms with van der Waals surface area (Å²) in [4.78, 5) is 11.6. The molecule has 72 valence electrons. The van der Waals surface area contributed by atoms with Crippen molar-refractivity contribution in [3.63, 3.8) is 0 Å². The minimum absolute atomic E-state index is 0.375. The standard InChI is InChI=1S/C5H9NO.BF4/c1-6-4-2-3-5(6)7;2-1(3,4)5/h2-4H2,1H3;/q;-1/p+1. The molecule has 0 aromatic rings. The summed E-state index contributed by atoms with van der Waals surface area (Å²) in [5.74, 6) is 0.375. The van der Waals surface area contributed by atoms with Crippen LogP contribution in [0.4, 0.5) is 17.3 Å². The van der Waals surface area contributed by atoms with Crippen molar-refractivity contribution in [2.75, 3.05) is 13.6 Å². The average molecular weight is 187 g/mol. The third-order valence-electron chi connectivity index (χ3n) is 1.43. The molecule has 0 aromatic carbocycles. The maximum Gasteiger partial charge on any atom is 0.673 e. The average Bonchev–Trinajstić information content (AvgIpc) is 2.12. The lowest BCUT2D eigenvalue weighted by Gasteiger charge is -1.96. The van der Waals surface area contributed by atoms with Gasteiger partial charge in [0.25, 0.3) is 0 Å². The Morgan fingerprint density at radius 3 is 1.83 bits per heavy atom. The van der Waals surface area contributed by atoms with E-state index in [9.17, 15) is 22.1 Å². The number of rotatable bonds is 0. The Balaban J connectivity index is 0.000000217. The van der Waals surface area contributed by atoms with Crippen LogP contribution in [0.3, 0.4) is 0 Å². The van der Waals surface area contributed by atoms with Gasteiger partial charge < -0.3 is 17.3 Å². The number of likely N-dealkylation sites (tertiary alicyclic amines) is 1. The normalized spacial score (nSPS) is 23.4. The number of carbonyl (C=O) groups excluding carboxylic acids is 1. The largest absolute Gasteiger partial charge is 0.673 e. The predicted molar refractivity (Wildman–Crippen MR) is 36.2 cm³/mol. The number of nitrogens with one attached hydrogen (secondary N) is 1. The van der Waals surface area contributed by atoms with E-state index in [1.165, 1.54) is 0 Å². The van der Waals surface area contributed by atoms with Crippen LogP contribution >= 0.6 is 0 Å². The minimum atomic E-state index is -6.00. The summed E-state index contributed by atoms with van der Waals surface area (Å²) < 4.78 is 39.0. The highest BCUT2D eigenvalue weighted by atomic mass is 19.5. The number of carbonyl (C=O) groups is 1. The molecule has 1 saturated heterocycles. The summed E-state index contributed by atoms with van der Waals surface area (Å²) in [6, 6.07) is 0. The number of halogens is 4. The molecule has 1 aliphatic heterocycles. The molecule has 1 aliphatic rings. The van der Waals surface area contributed by atoms with E-state index in [1.807, 2.05) is 7.05 Å². The smallest absolute Gasteiger partial charge is 0.418 e. The molecule has 0 spiro atoms. The number of hydrogen-bond donors (Lipinski definition) is 1. The van der Waals surface area contributed by atoms with E-state index in [0.717, 1.165) is 24.3 Å². The molecule has 1 heterocycles. The van der Waals surface area contributed by atoms with E-state index in [0.29, 0.717) is 5.91 Å². The summed E-state index contributed by atoms with van der Waals surface area (Å²) in [7, 11) is -4.07. The van der Waals surface area contributed by atoms with Crippen LogP contribution in [-0.2, 0) is 4.79 Å². The number of quaternary nitrogens is 1. The Morgan fingerprint density at radius 2 is 1.75 bits per heavy atom. The van der Waals surface area contributed by atoms with E-state index in [4.69, 9.17) is 0 Å². The highest BCUT2D eigenvalue weighted by Gasteiger charge is 2.21. The molecule has 12 heavy (non-hydrogen) atoms. The highest BCUT2D eigenvalue weighted by Crippen LogP contribution is 2.06. The fraction of sp³-hybridized carbons (Fsp3) is 0.800. The lowest BCUT2D eigenvalue weighted by atomic mass is 10.3. The zero-order valence-corrected chi connectivity index (χ0v) is 6.62. The van der Waals surface area contributed by atoms with Crippen molar-refractivity contribution in [2.24, 2.45) is 0 Å². The zero-order chi connectivity index (χ0) is 9.78. The van der Waals surface area contributed by atoms with Crippen LogP contribution in [-0.4, -0.2) is 26.8 Å². The lowest BCUT2D eigenvalue weighted by Crippen LogP contribution is -3.09. The molecular formula is C5H10BF4NO. The quantitative estimate of drug-likeness (QED) is 0.422. The van der Waals surface area contributed by atoms with Gasteiger partial charge in [-0.1, -0.05) is 0 Å². The zero-order valence-electron chi connectivity index (χ0n) is 6.62. The third-order valence-corrected chi connectivity index (χ3v) is 1.43. The molecule has 1 unspecified atom stereocenters.